The first-order valence-electron chi connectivity index (χ1n) is 8.46. The topological polar surface area (TPSA) is 74.7 Å². The molecule has 0 saturated carbocycles. The summed E-state index contributed by atoms with van der Waals surface area (Å²) in [5.74, 6) is 0.0320. The summed E-state index contributed by atoms with van der Waals surface area (Å²) in [6.07, 6.45) is 6.32. The second kappa shape index (κ2) is 5.27. The Balaban J connectivity index is 1.60. The molecule has 0 fully saturated rings. The molecular formula is C20H16N4O. The van der Waals surface area contributed by atoms with Gasteiger partial charge in [0.05, 0.1) is 35.5 Å². The summed E-state index contributed by atoms with van der Waals surface area (Å²) in [5.41, 5.74) is 5.77. The molecule has 0 radical (unpaired) electrons. The van der Waals surface area contributed by atoms with Gasteiger partial charge in [0, 0.05) is 17.7 Å². The third kappa shape index (κ3) is 1.98. The van der Waals surface area contributed by atoms with Crippen LogP contribution in [-0.4, -0.2) is 19.6 Å². The van der Waals surface area contributed by atoms with Gasteiger partial charge in [0.1, 0.15) is 12.2 Å². The zero-order valence-electron chi connectivity index (χ0n) is 13.5. The van der Waals surface area contributed by atoms with Crippen molar-refractivity contribution >= 4 is 0 Å². The van der Waals surface area contributed by atoms with E-state index in [0.717, 1.165) is 24.1 Å². The zero-order valence-corrected chi connectivity index (χ0v) is 13.5. The van der Waals surface area contributed by atoms with Crippen molar-refractivity contribution in [2.75, 3.05) is 0 Å². The summed E-state index contributed by atoms with van der Waals surface area (Å²) in [7, 11) is 0. The summed E-state index contributed by atoms with van der Waals surface area (Å²) < 4.78 is 2.17. The van der Waals surface area contributed by atoms with Crippen molar-refractivity contribution in [1.29, 1.82) is 5.26 Å². The summed E-state index contributed by atoms with van der Waals surface area (Å²) in [6.45, 7) is 0. The molecule has 2 aliphatic rings. The lowest BCUT2D eigenvalue weighted by molar-refractivity contribution is 0.0679. The molecule has 5 rings (SSSR count). The number of hydrogen-bond acceptors (Lipinski definition) is 4. The Morgan fingerprint density at radius 3 is 3.00 bits per heavy atom. The van der Waals surface area contributed by atoms with Crippen LogP contribution < -0.4 is 0 Å². The van der Waals surface area contributed by atoms with E-state index in [4.69, 9.17) is 5.26 Å². The van der Waals surface area contributed by atoms with Gasteiger partial charge >= 0.3 is 0 Å². The van der Waals surface area contributed by atoms with Crippen molar-refractivity contribution in [3.05, 3.63) is 71.4 Å². The fourth-order valence-corrected chi connectivity index (χ4v) is 4.37. The average Bonchev–Trinajstić information content (AvgIpc) is 3.23. The molecule has 5 heteroatoms. The number of hydrogen-bond donors (Lipinski definition) is 1. The maximum atomic E-state index is 11.1. The predicted molar refractivity (Wildman–Crippen MR) is 91.5 cm³/mol. The largest absolute Gasteiger partial charge is 0.386 e. The maximum Gasteiger partial charge on any atom is 0.101 e. The van der Waals surface area contributed by atoms with E-state index < -0.39 is 6.10 Å². The van der Waals surface area contributed by atoms with Gasteiger partial charge in [-0.15, -0.1) is 0 Å². The Morgan fingerprint density at radius 1 is 1.24 bits per heavy atom. The molecule has 0 spiro atoms. The van der Waals surface area contributed by atoms with E-state index in [1.165, 1.54) is 11.1 Å². The van der Waals surface area contributed by atoms with Crippen LogP contribution in [0.2, 0.25) is 0 Å². The molecule has 25 heavy (non-hydrogen) atoms. The van der Waals surface area contributed by atoms with Gasteiger partial charge < -0.3 is 9.67 Å². The highest BCUT2D eigenvalue weighted by Gasteiger charge is 2.41. The van der Waals surface area contributed by atoms with E-state index in [1.54, 1.807) is 6.20 Å². The molecule has 1 aliphatic heterocycles. The number of aliphatic hydroxyl groups excluding tert-OH is 1. The fraction of sp³-hybridized carbons (Fsp3) is 0.250. The molecule has 1 aromatic carbocycles. The molecule has 0 amide bonds. The summed E-state index contributed by atoms with van der Waals surface area (Å²) >= 11 is 0. The van der Waals surface area contributed by atoms with Crippen molar-refractivity contribution < 1.29 is 5.11 Å². The Bertz CT molecular complexity index is 1020. The second-order valence-corrected chi connectivity index (χ2v) is 6.75. The second-order valence-electron chi connectivity index (χ2n) is 6.75. The third-order valence-corrected chi connectivity index (χ3v) is 5.49. The maximum absolute atomic E-state index is 11.1. The number of benzene rings is 1. The van der Waals surface area contributed by atoms with Crippen molar-refractivity contribution in [2.24, 2.45) is 5.92 Å². The first-order chi connectivity index (χ1) is 12.3. The van der Waals surface area contributed by atoms with Gasteiger partial charge in [0.25, 0.3) is 0 Å². The van der Waals surface area contributed by atoms with E-state index in [2.05, 4.69) is 32.7 Å². The van der Waals surface area contributed by atoms with Gasteiger partial charge in [0.2, 0.25) is 0 Å². The third-order valence-electron chi connectivity index (χ3n) is 5.49. The van der Waals surface area contributed by atoms with Crippen LogP contribution in [0.3, 0.4) is 0 Å². The van der Waals surface area contributed by atoms with Crippen molar-refractivity contribution in [1.82, 2.24) is 14.5 Å². The SMILES string of the molecule is N#Cc1cnc2c(c1)CCC([C@@H]1c3ccccc3-c3cncn31)C2O. The quantitative estimate of drug-likeness (QED) is 0.745. The first-order valence-corrected chi connectivity index (χ1v) is 8.46. The Labute approximate surface area is 145 Å². The zero-order chi connectivity index (χ0) is 17.0. The molecule has 3 aromatic rings. The minimum atomic E-state index is -0.650. The molecule has 3 atom stereocenters. The number of nitrogens with zero attached hydrogens (tertiary/aromatic N) is 4. The van der Waals surface area contributed by atoms with Crippen LogP contribution in [0.25, 0.3) is 11.3 Å². The first kappa shape index (κ1) is 14.4. The van der Waals surface area contributed by atoms with Gasteiger partial charge in [-0.1, -0.05) is 24.3 Å². The fourth-order valence-electron chi connectivity index (χ4n) is 4.37. The number of rotatable bonds is 1. The minimum absolute atomic E-state index is 0.0320. The number of aliphatic hydroxyl groups is 1. The number of imidazole rings is 1. The smallest absolute Gasteiger partial charge is 0.101 e. The lowest BCUT2D eigenvalue weighted by Gasteiger charge is -2.34. The Morgan fingerprint density at radius 2 is 2.12 bits per heavy atom. The van der Waals surface area contributed by atoms with E-state index >= 15 is 0 Å². The van der Waals surface area contributed by atoms with Crippen LogP contribution in [0.4, 0.5) is 0 Å². The molecule has 1 aliphatic carbocycles. The molecule has 2 unspecified atom stereocenters. The monoisotopic (exact) mass is 328 g/mol. The summed E-state index contributed by atoms with van der Waals surface area (Å²) in [4.78, 5) is 8.70. The highest BCUT2D eigenvalue weighted by molar-refractivity contribution is 5.69. The number of nitriles is 1. The molecule has 122 valence electrons. The predicted octanol–water partition coefficient (Wildman–Crippen LogP) is 3.02. The number of aromatic nitrogens is 3. The number of fused-ring (bicyclic) bond motifs is 4. The molecular weight excluding hydrogens is 312 g/mol. The van der Waals surface area contributed by atoms with Crippen LogP contribution in [0.1, 0.15) is 41.0 Å². The molecule has 5 nitrogen and oxygen atoms in total. The molecule has 3 heterocycles. The van der Waals surface area contributed by atoms with Crippen molar-refractivity contribution in [3.63, 3.8) is 0 Å². The minimum Gasteiger partial charge on any atom is -0.386 e. The van der Waals surface area contributed by atoms with Gasteiger partial charge in [0.15, 0.2) is 0 Å². The van der Waals surface area contributed by atoms with Crippen LogP contribution >= 0.6 is 0 Å². The van der Waals surface area contributed by atoms with Crippen molar-refractivity contribution in [3.8, 4) is 17.3 Å². The van der Waals surface area contributed by atoms with Gasteiger partial charge in [-0.05, 0) is 30.0 Å². The van der Waals surface area contributed by atoms with E-state index in [0.29, 0.717) is 11.3 Å². The number of aryl methyl sites for hydroxylation is 1. The van der Waals surface area contributed by atoms with Crippen LogP contribution in [0.15, 0.2) is 49.1 Å². The standard InChI is InChI=1S/C20H16N4O/c21-8-12-7-13-5-6-16(20(25)18(13)23-9-12)19-15-4-2-1-3-14(15)17-10-22-11-24(17)19/h1-4,7,9-11,16,19-20,25H,5-6H2/t16?,19-,20?/m0/s1. The van der Waals surface area contributed by atoms with Gasteiger partial charge in [-0.3, -0.25) is 4.98 Å². The molecule has 2 aromatic heterocycles. The Hall–Kier alpha value is -2.97. The highest BCUT2D eigenvalue weighted by Crippen LogP contribution is 2.49. The Kier molecular flexibility index (Phi) is 3.03. The number of pyridine rings is 1. The van der Waals surface area contributed by atoms with Crippen LogP contribution in [0.5, 0.6) is 0 Å². The molecule has 0 saturated heterocycles. The lowest BCUT2D eigenvalue weighted by Crippen LogP contribution is -2.29. The van der Waals surface area contributed by atoms with Gasteiger partial charge in [-0.25, -0.2) is 4.98 Å². The average molecular weight is 328 g/mol. The molecule has 0 bridgehead atoms. The summed E-state index contributed by atoms with van der Waals surface area (Å²) in [5, 5.41) is 20.1. The van der Waals surface area contributed by atoms with E-state index in [1.807, 2.05) is 30.7 Å². The summed E-state index contributed by atoms with van der Waals surface area (Å²) in [6, 6.07) is 12.4. The normalized spacial score (nSPS) is 23.4. The van der Waals surface area contributed by atoms with E-state index in [-0.39, 0.29) is 12.0 Å². The highest BCUT2D eigenvalue weighted by atomic mass is 16.3. The molecule has 1 N–H and O–H groups in total. The van der Waals surface area contributed by atoms with Gasteiger partial charge in [-0.2, -0.15) is 5.26 Å². The lowest BCUT2D eigenvalue weighted by atomic mass is 9.77. The van der Waals surface area contributed by atoms with Crippen LogP contribution in [0, 0.1) is 17.2 Å². The van der Waals surface area contributed by atoms with Crippen LogP contribution in [-0.2, 0) is 6.42 Å². The van der Waals surface area contributed by atoms with E-state index in [9.17, 15) is 5.11 Å². The van der Waals surface area contributed by atoms with Crippen molar-refractivity contribution in [2.45, 2.75) is 25.0 Å².